The second-order valence-electron chi connectivity index (χ2n) is 6.84. The SMILES string of the molecule is CCc1cc(C)c(NC(=O)C(=O)Nc2c(C)cc(C(=O)OC)cc2C)c(C)c1. The van der Waals surface area contributed by atoms with E-state index >= 15 is 0 Å². The van der Waals surface area contributed by atoms with Crippen molar-refractivity contribution in [3.8, 4) is 0 Å². The van der Waals surface area contributed by atoms with Gasteiger partial charge in [-0.1, -0.05) is 19.1 Å². The quantitative estimate of drug-likeness (QED) is 0.621. The van der Waals surface area contributed by atoms with Gasteiger partial charge in [-0.2, -0.15) is 0 Å². The number of rotatable bonds is 4. The fraction of sp³-hybridized carbons (Fsp3) is 0.318. The summed E-state index contributed by atoms with van der Waals surface area (Å²) < 4.78 is 4.72. The second-order valence-corrected chi connectivity index (χ2v) is 6.84. The number of aryl methyl sites for hydroxylation is 5. The van der Waals surface area contributed by atoms with Crippen molar-refractivity contribution in [2.45, 2.75) is 41.0 Å². The molecule has 148 valence electrons. The summed E-state index contributed by atoms with van der Waals surface area (Å²) in [5.41, 5.74) is 5.87. The van der Waals surface area contributed by atoms with E-state index in [0.717, 1.165) is 17.5 Å². The zero-order valence-electron chi connectivity index (χ0n) is 17.1. The molecule has 6 heteroatoms. The third kappa shape index (κ3) is 4.57. The largest absolute Gasteiger partial charge is 0.465 e. The fourth-order valence-corrected chi connectivity index (χ4v) is 3.19. The van der Waals surface area contributed by atoms with Crippen LogP contribution in [0.5, 0.6) is 0 Å². The highest BCUT2D eigenvalue weighted by molar-refractivity contribution is 6.44. The molecule has 6 nitrogen and oxygen atoms in total. The molecule has 0 bridgehead atoms. The molecule has 0 aliphatic rings. The van der Waals surface area contributed by atoms with E-state index in [1.54, 1.807) is 26.0 Å². The van der Waals surface area contributed by atoms with Crippen LogP contribution < -0.4 is 10.6 Å². The number of hydrogen-bond acceptors (Lipinski definition) is 4. The molecule has 0 saturated heterocycles. The lowest BCUT2D eigenvalue weighted by molar-refractivity contribution is -0.133. The molecule has 2 amide bonds. The molecule has 0 heterocycles. The smallest absolute Gasteiger partial charge is 0.337 e. The highest BCUT2D eigenvalue weighted by Crippen LogP contribution is 2.24. The average Bonchev–Trinajstić information content (AvgIpc) is 2.65. The van der Waals surface area contributed by atoms with Gasteiger partial charge in [0.1, 0.15) is 0 Å². The number of carbonyl (C=O) groups excluding carboxylic acids is 3. The van der Waals surface area contributed by atoms with Crippen LogP contribution in [-0.4, -0.2) is 24.9 Å². The van der Waals surface area contributed by atoms with Crippen LogP contribution in [0.1, 0.15) is 45.1 Å². The molecule has 0 atom stereocenters. The fourth-order valence-electron chi connectivity index (χ4n) is 3.19. The molecule has 28 heavy (non-hydrogen) atoms. The number of benzene rings is 2. The standard InChI is InChI=1S/C22H26N2O4/c1-7-16-8-12(2)18(13(3)9-16)23-20(25)21(26)24-19-14(4)10-17(11-15(19)5)22(27)28-6/h8-11H,7H2,1-6H3,(H,23,25)(H,24,26). The van der Waals surface area contributed by atoms with Gasteiger partial charge in [0.05, 0.1) is 12.7 Å². The first-order chi connectivity index (χ1) is 13.2. The molecule has 0 saturated carbocycles. The number of nitrogens with one attached hydrogen (secondary N) is 2. The van der Waals surface area contributed by atoms with Crippen LogP contribution >= 0.6 is 0 Å². The zero-order valence-corrected chi connectivity index (χ0v) is 17.1. The molecule has 2 rings (SSSR count). The second kappa shape index (κ2) is 8.69. The summed E-state index contributed by atoms with van der Waals surface area (Å²) in [7, 11) is 1.31. The van der Waals surface area contributed by atoms with Gasteiger partial charge in [0.25, 0.3) is 0 Å². The minimum atomic E-state index is -0.768. The topological polar surface area (TPSA) is 84.5 Å². The van der Waals surface area contributed by atoms with Crippen LogP contribution in [-0.2, 0) is 20.7 Å². The predicted octanol–water partition coefficient (Wildman–Crippen LogP) is 3.85. The third-order valence-electron chi connectivity index (χ3n) is 4.64. The van der Waals surface area contributed by atoms with Crippen LogP contribution in [0.2, 0.25) is 0 Å². The first-order valence-corrected chi connectivity index (χ1v) is 9.09. The highest BCUT2D eigenvalue weighted by atomic mass is 16.5. The molecule has 0 fully saturated rings. The summed E-state index contributed by atoms with van der Waals surface area (Å²) >= 11 is 0. The number of methoxy groups -OCH3 is 1. The number of ether oxygens (including phenoxy) is 1. The Labute approximate surface area is 165 Å². The lowest BCUT2D eigenvalue weighted by Gasteiger charge is -2.15. The normalized spacial score (nSPS) is 10.4. The Hall–Kier alpha value is -3.15. The van der Waals surface area contributed by atoms with E-state index in [1.165, 1.54) is 12.7 Å². The van der Waals surface area contributed by atoms with Gasteiger partial charge < -0.3 is 15.4 Å². The van der Waals surface area contributed by atoms with E-state index in [9.17, 15) is 14.4 Å². The molecule has 0 radical (unpaired) electrons. The van der Waals surface area contributed by atoms with E-state index < -0.39 is 17.8 Å². The van der Waals surface area contributed by atoms with Gasteiger partial charge in [0, 0.05) is 11.4 Å². The Kier molecular flexibility index (Phi) is 6.57. The Morgan fingerprint density at radius 3 is 1.54 bits per heavy atom. The monoisotopic (exact) mass is 382 g/mol. The summed E-state index contributed by atoms with van der Waals surface area (Å²) in [5.74, 6) is -1.97. The summed E-state index contributed by atoms with van der Waals surface area (Å²) in [5, 5.41) is 5.34. The zero-order chi connectivity index (χ0) is 21.0. The van der Waals surface area contributed by atoms with E-state index in [0.29, 0.717) is 28.1 Å². The summed E-state index contributed by atoms with van der Waals surface area (Å²) in [6.07, 6.45) is 0.899. The first-order valence-electron chi connectivity index (χ1n) is 9.09. The lowest BCUT2D eigenvalue weighted by Crippen LogP contribution is -2.30. The van der Waals surface area contributed by atoms with Gasteiger partial charge in [0.2, 0.25) is 0 Å². The van der Waals surface area contributed by atoms with Gasteiger partial charge in [-0.3, -0.25) is 9.59 Å². The lowest BCUT2D eigenvalue weighted by atomic mass is 10.0. The molecule has 2 aromatic carbocycles. The number of hydrogen-bond donors (Lipinski definition) is 2. The van der Waals surface area contributed by atoms with E-state index in [2.05, 4.69) is 17.6 Å². The summed E-state index contributed by atoms with van der Waals surface area (Å²) in [4.78, 5) is 36.5. The molecular formula is C22H26N2O4. The predicted molar refractivity (Wildman–Crippen MR) is 110 cm³/mol. The van der Waals surface area contributed by atoms with Crippen molar-refractivity contribution in [3.63, 3.8) is 0 Å². The summed E-state index contributed by atoms with van der Waals surface area (Å²) in [6.45, 7) is 9.38. The van der Waals surface area contributed by atoms with Crippen LogP contribution in [0.25, 0.3) is 0 Å². The molecule has 2 N–H and O–H groups in total. The maximum absolute atomic E-state index is 12.4. The van der Waals surface area contributed by atoms with E-state index in [4.69, 9.17) is 4.74 Å². The van der Waals surface area contributed by atoms with Crippen molar-refractivity contribution in [1.82, 2.24) is 0 Å². The van der Waals surface area contributed by atoms with Crippen molar-refractivity contribution >= 4 is 29.2 Å². The Bertz CT molecular complexity index is 902. The van der Waals surface area contributed by atoms with E-state index in [-0.39, 0.29) is 0 Å². The van der Waals surface area contributed by atoms with Crippen molar-refractivity contribution in [1.29, 1.82) is 0 Å². The number of esters is 1. The van der Waals surface area contributed by atoms with Crippen molar-refractivity contribution < 1.29 is 19.1 Å². The van der Waals surface area contributed by atoms with Gasteiger partial charge >= 0.3 is 17.8 Å². The number of amides is 2. The first kappa shape index (κ1) is 21.2. The maximum atomic E-state index is 12.4. The highest BCUT2D eigenvalue weighted by Gasteiger charge is 2.19. The summed E-state index contributed by atoms with van der Waals surface area (Å²) in [6, 6.07) is 7.23. The molecule has 2 aromatic rings. The Morgan fingerprint density at radius 1 is 0.786 bits per heavy atom. The van der Waals surface area contributed by atoms with Gasteiger partial charge in [-0.15, -0.1) is 0 Å². The Morgan fingerprint density at radius 2 is 1.18 bits per heavy atom. The minimum absolute atomic E-state index is 0.391. The Balaban J connectivity index is 2.20. The molecule has 0 spiro atoms. The van der Waals surface area contributed by atoms with Crippen molar-refractivity contribution in [2.75, 3.05) is 17.7 Å². The maximum Gasteiger partial charge on any atom is 0.337 e. The van der Waals surface area contributed by atoms with Gasteiger partial charge in [0.15, 0.2) is 0 Å². The van der Waals surface area contributed by atoms with Crippen LogP contribution in [0.15, 0.2) is 24.3 Å². The van der Waals surface area contributed by atoms with Crippen LogP contribution in [0.3, 0.4) is 0 Å². The third-order valence-corrected chi connectivity index (χ3v) is 4.64. The van der Waals surface area contributed by atoms with Gasteiger partial charge in [-0.25, -0.2) is 4.79 Å². The van der Waals surface area contributed by atoms with Crippen molar-refractivity contribution in [2.24, 2.45) is 0 Å². The van der Waals surface area contributed by atoms with Crippen LogP contribution in [0.4, 0.5) is 11.4 Å². The molecular weight excluding hydrogens is 356 g/mol. The van der Waals surface area contributed by atoms with Crippen LogP contribution in [0, 0.1) is 27.7 Å². The number of carbonyl (C=O) groups is 3. The van der Waals surface area contributed by atoms with E-state index in [1.807, 2.05) is 26.0 Å². The molecule has 0 unspecified atom stereocenters. The molecule has 0 aromatic heterocycles. The van der Waals surface area contributed by atoms with Crippen molar-refractivity contribution in [3.05, 3.63) is 57.6 Å². The minimum Gasteiger partial charge on any atom is -0.465 e. The molecule has 0 aliphatic heterocycles. The molecule has 0 aliphatic carbocycles. The average molecular weight is 382 g/mol. The number of anilines is 2. The van der Waals surface area contributed by atoms with Gasteiger partial charge in [-0.05, 0) is 74.1 Å².